The lowest BCUT2D eigenvalue weighted by molar-refractivity contribution is 0.687. The third-order valence-corrected chi connectivity index (χ3v) is 3.70. The molecule has 2 aromatic carbocycles. The number of benzene rings is 2. The topological polar surface area (TPSA) is 27.8 Å². The van der Waals surface area contributed by atoms with E-state index in [1.807, 2.05) is 18.3 Å². The minimum atomic E-state index is 0.793. The Morgan fingerprint density at radius 1 is 0.950 bits per heavy atom. The lowest BCUT2D eigenvalue weighted by atomic mass is 10.1. The lowest BCUT2D eigenvalue weighted by Crippen LogP contribution is -2.16. The number of hydrogen-bond donors (Lipinski definition) is 2. The van der Waals surface area contributed by atoms with Gasteiger partial charge in [-0.1, -0.05) is 29.8 Å². The van der Waals surface area contributed by atoms with E-state index in [0.717, 1.165) is 24.5 Å². The van der Waals surface area contributed by atoms with Crippen molar-refractivity contribution in [2.24, 2.45) is 0 Å². The zero-order valence-electron chi connectivity index (χ0n) is 11.2. The second-order valence-corrected chi connectivity index (χ2v) is 5.39. The summed E-state index contributed by atoms with van der Waals surface area (Å²) in [5.74, 6) is 0. The fourth-order valence-electron chi connectivity index (χ4n) is 2.33. The number of aromatic nitrogens is 1. The minimum absolute atomic E-state index is 0.793. The summed E-state index contributed by atoms with van der Waals surface area (Å²) < 4.78 is 0. The Bertz CT molecular complexity index is 686. The number of rotatable bonds is 5. The van der Waals surface area contributed by atoms with Crippen LogP contribution in [0.5, 0.6) is 0 Å². The Balaban J connectivity index is 1.50. The molecule has 3 rings (SSSR count). The summed E-state index contributed by atoms with van der Waals surface area (Å²) in [6.45, 7) is 1.86. The van der Waals surface area contributed by atoms with E-state index in [1.165, 1.54) is 22.0 Å². The van der Waals surface area contributed by atoms with Gasteiger partial charge in [0.2, 0.25) is 0 Å². The molecule has 0 aliphatic carbocycles. The Labute approximate surface area is 123 Å². The molecular formula is C17H17ClN2. The van der Waals surface area contributed by atoms with Crippen LogP contribution in [-0.2, 0) is 13.0 Å². The Kier molecular flexibility index (Phi) is 4.05. The highest BCUT2D eigenvalue weighted by molar-refractivity contribution is 6.30. The maximum absolute atomic E-state index is 5.87. The van der Waals surface area contributed by atoms with Gasteiger partial charge in [0.1, 0.15) is 0 Å². The second-order valence-electron chi connectivity index (χ2n) is 4.95. The number of halogens is 1. The SMILES string of the molecule is Clc1ccc(CCNCc2ccc3[nH]ccc3c2)cc1. The van der Waals surface area contributed by atoms with Crippen LogP contribution < -0.4 is 5.32 Å². The van der Waals surface area contributed by atoms with Crippen molar-refractivity contribution in [2.75, 3.05) is 6.54 Å². The summed E-state index contributed by atoms with van der Waals surface area (Å²) in [7, 11) is 0. The highest BCUT2D eigenvalue weighted by atomic mass is 35.5. The van der Waals surface area contributed by atoms with Crippen LogP contribution in [0, 0.1) is 0 Å². The van der Waals surface area contributed by atoms with Crippen molar-refractivity contribution in [3.8, 4) is 0 Å². The Hall–Kier alpha value is -1.77. The maximum Gasteiger partial charge on any atom is 0.0454 e. The molecule has 2 N–H and O–H groups in total. The van der Waals surface area contributed by atoms with Crippen molar-refractivity contribution in [3.05, 3.63) is 70.9 Å². The number of hydrogen-bond acceptors (Lipinski definition) is 1. The van der Waals surface area contributed by atoms with Crippen molar-refractivity contribution in [2.45, 2.75) is 13.0 Å². The molecule has 0 bridgehead atoms. The van der Waals surface area contributed by atoms with E-state index < -0.39 is 0 Å². The molecule has 0 unspecified atom stereocenters. The van der Waals surface area contributed by atoms with Gasteiger partial charge in [-0.15, -0.1) is 0 Å². The number of aromatic amines is 1. The van der Waals surface area contributed by atoms with Crippen LogP contribution in [0.25, 0.3) is 10.9 Å². The first-order chi connectivity index (χ1) is 9.81. The van der Waals surface area contributed by atoms with Crippen molar-refractivity contribution < 1.29 is 0 Å². The quantitative estimate of drug-likeness (QED) is 0.677. The first-order valence-corrected chi connectivity index (χ1v) is 7.20. The standard InChI is InChI=1S/C17H17ClN2/c18-16-4-1-13(2-5-16)7-9-19-12-14-3-6-17-15(11-14)8-10-20-17/h1-6,8,10-11,19-20H,7,9,12H2. The molecule has 0 radical (unpaired) electrons. The van der Waals surface area contributed by atoms with Gasteiger partial charge in [0, 0.05) is 23.3 Å². The van der Waals surface area contributed by atoms with Crippen molar-refractivity contribution in [1.82, 2.24) is 10.3 Å². The molecule has 0 atom stereocenters. The molecule has 0 aliphatic rings. The average Bonchev–Trinajstić information content (AvgIpc) is 2.93. The van der Waals surface area contributed by atoms with Gasteiger partial charge < -0.3 is 10.3 Å². The molecule has 3 heteroatoms. The van der Waals surface area contributed by atoms with E-state index >= 15 is 0 Å². The molecule has 0 saturated heterocycles. The molecule has 1 heterocycles. The lowest BCUT2D eigenvalue weighted by Gasteiger charge is -2.06. The summed E-state index contributed by atoms with van der Waals surface area (Å²) in [5.41, 5.74) is 3.81. The van der Waals surface area contributed by atoms with Crippen LogP contribution in [0.2, 0.25) is 5.02 Å². The number of fused-ring (bicyclic) bond motifs is 1. The summed E-state index contributed by atoms with van der Waals surface area (Å²) in [6, 6.07) is 16.7. The fraction of sp³-hybridized carbons (Fsp3) is 0.176. The largest absolute Gasteiger partial charge is 0.361 e. The second kappa shape index (κ2) is 6.12. The molecule has 102 valence electrons. The molecule has 2 nitrogen and oxygen atoms in total. The Morgan fingerprint density at radius 2 is 1.75 bits per heavy atom. The summed E-state index contributed by atoms with van der Waals surface area (Å²) >= 11 is 5.87. The van der Waals surface area contributed by atoms with E-state index in [2.05, 4.69) is 46.7 Å². The van der Waals surface area contributed by atoms with Gasteiger partial charge in [-0.25, -0.2) is 0 Å². The van der Waals surface area contributed by atoms with Gasteiger partial charge in [-0.05, 0) is 59.8 Å². The first kappa shape index (κ1) is 13.2. The van der Waals surface area contributed by atoms with Crippen LogP contribution in [0.4, 0.5) is 0 Å². The third kappa shape index (κ3) is 3.21. The predicted molar refractivity (Wildman–Crippen MR) is 85.2 cm³/mol. The first-order valence-electron chi connectivity index (χ1n) is 6.82. The van der Waals surface area contributed by atoms with Crippen LogP contribution in [0.15, 0.2) is 54.7 Å². The third-order valence-electron chi connectivity index (χ3n) is 3.45. The fourth-order valence-corrected chi connectivity index (χ4v) is 2.46. The minimum Gasteiger partial charge on any atom is -0.361 e. The molecule has 0 spiro atoms. The van der Waals surface area contributed by atoms with E-state index in [4.69, 9.17) is 11.6 Å². The van der Waals surface area contributed by atoms with Crippen LogP contribution in [-0.4, -0.2) is 11.5 Å². The normalized spacial score (nSPS) is 11.1. The van der Waals surface area contributed by atoms with Crippen LogP contribution in [0.3, 0.4) is 0 Å². The maximum atomic E-state index is 5.87. The highest BCUT2D eigenvalue weighted by Gasteiger charge is 1.98. The van der Waals surface area contributed by atoms with Crippen molar-refractivity contribution in [3.63, 3.8) is 0 Å². The van der Waals surface area contributed by atoms with E-state index in [1.54, 1.807) is 0 Å². The van der Waals surface area contributed by atoms with Crippen LogP contribution in [0.1, 0.15) is 11.1 Å². The highest BCUT2D eigenvalue weighted by Crippen LogP contribution is 2.14. The summed E-state index contributed by atoms with van der Waals surface area (Å²) in [6.07, 6.45) is 2.99. The monoisotopic (exact) mass is 284 g/mol. The molecular weight excluding hydrogens is 268 g/mol. The predicted octanol–water partition coefficient (Wildman–Crippen LogP) is 4.15. The van der Waals surface area contributed by atoms with Crippen LogP contribution >= 0.6 is 11.6 Å². The van der Waals surface area contributed by atoms with E-state index in [-0.39, 0.29) is 0 Å². The smallest absolute Gasteiger partial charge is 0.0454 e. The summed E-state index contributed by atoms with van der Waals surface area (Å²) in [5, 5.41) is 5.54. The number of nitrogens with one attached hydrogen (secondary N) is 2. The zero-order chi connectivity index (χ0) is 13.8. The molecule has 0 aliphatic heterocycles. The van der Waals surface area contributed by atoms with Gasteiger partial charge in [0.25, 0.3) is 0 Å². The van der Waals surface area contributed by atoms with E-state index in [9.17, 15) is 0 Å². The van der Waals surface area contributed by atoms with E-state index in [0.29, 0.717) is 0 Å². The van der Waals surface area contributed by atoms with Crippen molar-refractivity contribution >= 4 is 22.5 Å². The van der Waals surface area contributed by atoms with Crippen molar-refractivity contribution in [1.29, 1.82) is 0 Å². The molecule has 0 amide bonds. The average molecular weight is 285 g/mol. The molecule has 0 fully saturated rings. The van der Waals surface area contributed by atoms with Gasteiger partial charge in [0.15, 0.2) is 0 Å². The number of H-pyrrole nitrogens is 1. The molecule has 1 aromatic heterocycles. The summed E-state index contributed by atoms with van der Waals surface area (Å²) in [4.78, 5) is 3.21. The molecule has 3 aromatic rings. The Morgan fingerprint density at radius 3 is 2.60 bits per heavy atom. The van der Waals surface area contributed by atoms with Gasteiger partial charge in [0.05, 0.1) is 0 Å². The van der Waals surface area contributed by atoms with Gasteiger partial charge >= 0.3 is 0 Å². The molecule has 0 saturated carbocycles. The van der Waals surface area contributed by atoms with Gasteiger partial charge in [-0.3, -0.25) is 0 Å². The van der Waals surface area contributed by atoms with Gasteiger partial charge in [-0.2, -0.15) is 0 Å². The zero-order valence-corrected chi connectivity index (χ0v) is 12.0. The molecule has 20 heavy (non-hydrogen) atoms.